The quantitative estimate of drug-likeness (QED) is 0.529. The van der Waals surface area contributed by atoms with Crippen LogP contribution in [0.2, 0.25) is 0 Å². The highest BCUT2D eigenvalue weighted by Gasteiger charge is 2.47. The van der Waals surface area contributed by atoms with Crippen molar-refractivity contribution in [3.63, 3.8) is 0 Å². The number of hydrogen-bond acceptors (Lipinski definition) is 0. The Balaban J connectivity index is 2.23. The molecule has 3 atom stereocenters. The van der Waals surface area contributed by atoms with Crippen LogP contribution < -0.4 is 0 Å². The first-order chi connectivity index (χ1) is 6.18. The number of allylic oxidation sites excluding steroid dienone is 1. The summed E-state index contributed by atoms with van der Waals surface area (Å²) in [4.78, 5) is 0. The Kier molecular flexibility index (Phi) is 2.25. The third-order valence-electron chi connectivity index (χ3n) is 4.73. The van der Waals surface area contributed by atoms with Crippen molar-refractivity contribution in [1.82, 2.24) is 0 Å². The van der Waals surface area contributed by atoms with Crippen LogP contribution in [-0.4, -0.2) is 0 Å². The van der Waals surface area contributed by atoms with Gasteiger partial charge in [-0.05, 0) is 49.4 Å². The molecule has 2 rings (SSSR count). The molecule has 0 saturated heterocycles. The summed E-state index contributed by atoms with van der Waals surface area (Å²) in [7, 11) is 0. The maximum Gasteiger partial charge on any atom is -0.0149 e. The highest BCUT2D eigenvalue weighted by Crippen LogP contribution is 2.57. The second-order valence-electron chi connectivity index (χ2n) is 5.25. The van der Waals surface area contributed by atoms with E-state index in [4.69, 9.17) is 0 Å². The number of hydrogen-bond donors (Lipinski definition) is 0. The van der Waals surface area contributed by atoms with E-state index >= 15 is 0 Å². The summed E-state index contributed by atoms with van der Waals surface area (Å²) < 4.78 is 0. The number of fused-ring (bicyclic) bond motifs is 1. The van der Waals surface area contributed by atoms with Gasteiger partial charge in [0.1, 0.15) is 0 Å². The maximum absolute atomic E-state index is 4.27. The van der Waals surface area contributed by atoms with Gasteiger partial charge in [-0.25, -0.2) is 0 Å². The smallest absolute Gasteiger partial charge is 0.0149 e. The van der Waals surface area contributed by atoms with Crippen LogP contribution in [0, 0.1) is 17.3 Å². The Morgan fingerprint density at radius 1 is 1.46 bits per heavy atom. The molecule has 0 aliphatic heterocycles. The summed E-state index contributed by atoms with van der Waals surface area (Å²) in [5, 5.41) is 0. The standard InChI is InChI=1S/C13H22/c1-4-11-7-8-12-10(2)6-5-9-13(11,12)3/h11-12H,2,4-9H2,1,3H3/t11-,12-,13+/m0/s1. The van der Waals surface area contributed by atoms with Gasteiger partial charge in [-0.15, -0.1) is 0 Å². The van der Waals surface area contributed by atoms with E-state index in [1.807, 2.05) is 0 Å². The van der Waals surface area contributed by atoms with Gasteiger partial charge in [0.05, 0.1) is 0 Å². The zero-order valence-corrected chi connectivity index (χ0v) is 9.10. The van der Waals surface area contributed by atoms with Crippen molar-refractivity contribution < 1.29 is 0 Å². The van der Waals surface area contributed by atoms with Crippen molar-refractivity contribution >= 4 is 0 Å². The minimum Gasteiger partial charge on any atom is -0.0996 e. The summed E-state index contributed by atoms with van der Waals surface area (Å²) >= 11 is 0. The fraction of sp³-hybridized carbons (Fsp3) is 0.846. The monoisotopic (exact) mass is 178 g/mol. The van der Waals surface area contributed by atoms with E-state index in [2.05, 4.69) is 20.4 Å². The van der Waals surface area contributed by atoms with Crippen LogP contribution in [0.4, 0.5) is 0 Å². The zero-order chi connectivity index (χ0) is 9.47. The van der Waals surface area contributed by atoms with Crippen molar-refractivity contribution in [2.75, 3.05) is 0 Å². The van der Waals surface area contributed by atoms with Crippen LogP contribution in [0.3, 0.4) is 0 Å². The third kappa shape index (κ3) is 1.26. The summed E-state index contributed by atoms with van der Waals surface area (Å²) in [6, 6.07) is 0. The van der Waals surface area contributed by atoms with Crippen molar-refractivity contribution in [3.8, 4) is 0 Å². The lowest BCUT2D eigenvalue weighted by Crippen LogP contribution is -2.32. The van der Waals surface area contributed by atoms with Crippen LogP contribution in [0.15, 0.2) is 12.2 Å². The van der Waals surface area contributed by atoms with Gasteiger partial charge in [0.15, 0.2) is 0 Å². The van der Waals surface area contributed by atoms with Gasteiger partial charge < -0.3 is 0 Å². The van der Waals surface area contributed by atoms with Crippen molar-refractivity contribution in [1.29, 1.82) is 0 Å². The van der Waals surface area contributed by atoms with E-state index in [1.165, 1.54) is 38.5 Å². The molecule has 13 heavy (non-hydrogen) atoms. The molecule has 0 unspecified atom stereocenters. The molecular formula is C13H22. The SMILES string of the molecule is C=C1CCC[C@]2(C)[C@@H](CC)CC[C@@H]12. The van der Waals surface area contributed by atoms with E-state index in [9.17, 15) is 0 Å². The van der Waals surface area contributed by atoms with E-state index in [0.717, 1.165) is 11.8 Å². The summed E-state index contributed by atoms with van der Waals surface area (Å²) in [6.45, 7) is 9.14. The Labute approximate surface area is 82.4 Å². The lowest BCUT2D eigenvalue weighted by Gasteiger charge is -2.41. The van der Waals surface area contributed by atoms with Crippen molar-refractivity contribution in [2.24, 2.45) is 17.3 Å². The molecule has 2 saturated carbocycles. The van der Waals surface area contributed by atoms with Crippen molar-refractivity contribution in [3.05, 3.63) is 12.2 Å². The second kappa shape index (κ2) is 3.15. The molecular weight excluding hydrogens is 156 g/mol. The fourth-order valence-corrected chi connectivity index (χ4v) is 3.90. The topological polar surface area (TPSA) is 0 Å². The van der Waals surface area contributed by atoms with Gasteiger partial charge in [-0.2, -0.15) is 0 Å². The van der Waals surface area contributed by atoms with Gasteiger partial charge >= 0.3 is 0 Å². The molecule has 0 spiro atoms. The Morgan fingerprint density at radius 3 is 2.92 bits per heavy atom. The molecule has 2 fully saturated rings. The molecule has 0 heteroatoms. The highest BCUT2D eigenvalue weighted by atomic mass is 14.5. The largest absolute Gasteiger partial charge is 0.0996 e. The minimum absolute atomic E-state index is 0.629. The van der Waals surface area contributed by atoms with Crippen LogP contribution >= 0.6 is 0 Å². The Hall–Kier alpha value is -0.260. The zero-order valence-electron chi connectivity index (χ0n) is 9.10. The first-order valence-electron chi connectivity index (χ1n) is 5.86. The number of rotatable bonds is 1. The molecule has 0 bridgehead atoms. The van der Waals surface area contributed by atoms with Gasteiger partial charge in [-0.3, -0.25) is 0 Å². The Morgan fingerprint density at radius 2 is 2.23 bits per heavy atom. The summed E-state index contributed by atoms with van der Waals surface area (Å²) in [5.41, 5.74) is 2.19. The lowest BCUT2D eigenvalue weighted by atomic mass is 9.63. The van der Waals surface area contributed by atoms with E-state index < -0.39 is 0 Å². The molecule has 0 aromatic rings. The summed E-state index contributed by atoms with van der Waals surface area (Å²) in [6.07, 6.45) is 8.40. The maximum atomic E-state index is 4.27. The highest BCUT2D eigenvalue weighted by molar-refractivity contribution is 5.14. The molecule has 0 radical (unpaired) electrons. The molecule has 0 heterocycles. The van der Waals surface area contributed by atoms with E-state index in [1.54, 1.807) is 5.57 Å². The molecule has 74 valence electrons. The van der Waals surface area contributed by atoms with Gasteiger partial charge in [-0.1, -0.05) is 32.4 Å². The molecule has 0 N–H and O–H groups in total. The molecule has 0 aromatic carbocycles. The predicted octanol–water partition coefficient (Wildman–Crippen LogP) is 4.17. The van der Waals surface area contributed by atoms with Crippen LogP contribution in [-0.2, 0) is 0 Å². The van der Waals surface area contributed by atoms with Crippen LogP contribution in [0.5, 0.6) is 0 Å². The second-order valence-corrected chi connectivity index (χ2v) is 5.25. The average Bonchev–Trinajstić information content (AvgIpc) is 2.43. The van der Waals surface area contributed by atoms with Gasteiger partial charge in [0.25, 0.3) is 0 Å². The third-order valence-corrected chi connectivity index (χ3v) is 4.73. The molecule has 0 nitrogen and oxygen atoms in total. The average molecular weight is 178 g/mol. The molecule has 2 aliphatic rings. The summed E-state index contributed by atoms with van der Waals surface area (Å²) in [5.74, 6) is 1.85. The molecule has 0 amide bonds. The first-order valence-corrected chi connectivity index (χ1v) is 5.86. The van der Waals surface area contributed by atoms with Crippen molar-refractivity contribution in [2.45, 2.75) is 52.4 Å². The molecule has 0 aromatic heterocycles. The minimum atomic E-state index is 0.629. The first kappa shape index (κ1) is 9.30. The van der Waals surface area contributed by atoms with Crippen LogP contribution in [0.25, 0.3) is 0 Å². The predicted molar refractivity (Wildman–Crippen MR) is 57.6 cm³/mol. The van der Waals surface area contributed by atoms with E-state index in [-0.39, 0.29) is 0 Å². The van der Waals surface area contributed by atoms with Gasteiger partial charge in [0, 0.05) is 0 Å². The van der Waals surface area contributed by atoms with Gasteiger partial charge in [0.2, 0.25) is 0 Å². The Bertz CT molecular complexity index is 216. The van der Waals surface area contributed by atoms with E-state index in [0.29, 0.717) is 5.41 Å². The normalized spacial score (nSPS) is 44.9. The fourth-order valence-electron chi connectivity index (χ4n) is 3.90. The molecule has 2 aliphatic carbocycles. The van der Waals surface area contributed by atoms with Crippen LogP contribution in [0.1, 0.15) is 52.4 Å². The lowest BCUT2D eigenvalue weighted by molar-refractivity contribution is 0.133.